The quantitative estimate of drug-likeness (QED) is 0.855. The molecule has 5 nitrogen and oxygen atoms in total. The van der Waals surface area contributed by atoms with E-state index in [1.165, 1.54) is 32.1 Å². The maximum atomic E-state index is 13.0. The Morgan fingerprint density at radius 3 is 2.54 bits per heavy atom. The van der Waals surface area contributed by atoms with Crippen LogP contribution in [0.25, 0.3) is 0 Å². The molecular formula is C19H27N3O2. The normalized spacial score (nSPS) is 25.4. The average molecular weight is 329 g/mol. The zero-order valence-electron chi connectivity index (χ0n) is 14.3. The molecule has 0 radical (unpaired) electrons. The van der Waals surface area contributed by atoms with E-state index in [2.05, 4.69) is 14.8 Å². The van der Waals surface area contributed by atoms with Gasteiger partial charge in [-0.15, -0.1) is 0 Å². The molecule has 0 N–H and O–H groups in total. The first-order chi connectivity index (χ1) is 11.8. The fourth-order valence-corrected chi connectivity index (χ4v) is 4.53. The number of pyridine rings is 1. The number of amides is 1. The highest BCUT2D eigenvalue weighted by Crippen LogP contribution is 2.36. The molecule has 1 saturated carbocycles. The van der Waals surface area contributed by atoms with Gasteiger partial charge in [0.1, 0.15) is 5.82 Å². The molecule has 1 aliphatic carbocycles. The van der Waals surface area contributed by atoms with E-state index in [-0.39, 0.29) is 5.91 Å². The Kier molecular flexibility index (Phi) is 4.69. The predicted octanol–water partition coefficient (Wildman–Crippen LogP) is 2.71. The van der Waals surface area contributed by atoms with E-state index in [1.54, 1.807) is 6.20 Å². The van der Waals surface area contributed by atoms with Crippen molar-refractivity contribution in [3.63, 3.8) is 0 Å². The molecule has 2 saturated heterocycles. The number of anilines is 1. The third kappa shape index (κ3) is 3.14. The number of nitrogens with zero attached hydrogens (tertiary/aromatic N) is 3. The molecule has 1 aromatic rings. The van der Waals surface area contributed by atoms with E-state index < -0.39 is 0 Å². The fraction of sp³-hybridized carbons (Fsp3) is 0.684. The molecule has 3 heterocycles. The predicted molar refractivity (Wildman–Crippen MR) is 93.3 cm³/mol. The molecule has 2 aliphatic heterocycles. The number of carbonyl (C=O) groups is 1. The van der Waals surface area contributed by atoms with Gasteiger partial charge in [-0.1, -0.05) is 12.8 Å². The van der Waals surface area contributed by atoms with Crippen LogP contribution in [0, 0.1) is 5.92 Å². The minimum atomic E-state index is 0.172. The number of likely N-dealkylation sites (tertiary alicyclic amines) is 1. The Balaban J connectivity index is 1.45. The van der Waals surface area contributed by atoms with Gasteiger partial charge in [-0.3, -0.25) is 4.79 Å². The first-order valence-electron chi connectivity index (χ1n) is 9.42. The van der Waals surface area contributed by atoms with Crippen LogP contribution in [-0.4, -0.2) is 54.7 Å². The third-order valence-electron chi connectivity index (χ3n) is 5.83. The zero-order valence-corrected chi connectivity index (χ0v) is 14.3. The molecule has 1 amide bonds. The zero-order chi connectivity index (χ0) is 16.4. The van der Waals surface area contributed by atoms with Crippen LogP contribution in [0.3, 0.4) is 0 Å². The molecular weight excluding hydrogens is 302 g/mol. The molecule has 130 valence electrons. The van der Waals surface area contributed by atoms with Crippen molar-refractivity contribution >= 4 is 11.7 Å². The van der Waals surface area contributed by atoms with Crippen molar-refractivity contribution in [1.29, 1.82) is 0 Å². The lowest BCUT2D eigenvalue weighted by Crippen LogP contribution is -2.39. The average Bonchev–Trinajstić information content (AvgIpc) is 3.33. The Morgan fingerprint density at radius 2 is 1.83 bits per heavy atom. The van der Waals surface area contributed by atoms with Gasteiger partial charge in [0, 0.05) is 31.9 Å². The standard InChI is InChI=1S/C19H27N3O2/c23-19(22-9-3-6-17(22)15-4-1-2-5-15)16-7-8-18(20-14-16)21-10-12-24-13-11-21/h7-8,14-15,17H,1-6,9-13H2. The second-order valence-electron chi connectivity index (χ2n) is 7.26. The van der Waals surface area contributed by atoms with Gasteiger partial charge in [-0.25, -0.2) is 4.98 Å². The molecule has 3 aliphatic rings. The number of ether oxygens (including phenoxy) is 1. The van der Waals surface area contributed by atoms with Crippen LogP contribution in [0.4, 0.5) is 5.82 Å². The number of aromatic nitrogens is 1. The van der Waals surface area contributed by atoms with Gasteiger partial charge in [0.15, 0.2) is 0 Å². The fourth-order valence-electron chi connectivity index (χ4n) is 4.53. The van der Waals surface area contributed by atoms with E-state index >= 15 is 0 Å². The summed E-state index contributed by atoms with van der Waals surface area (Å²) in [6.07, 6.45) is 9.34. The third-order valence-corrected chi connectivity index (χ3v) is 5.83. The molecule has 0 aromatic carbocycles. The molecule has 4 rings (SSSR count). The molecule has 1 unspecified atom stereocenters. The Morgan fingerprint density at radius 1 is 1.04 bits per heavy atom. The van der Waals surface area contributed by atoms with E-state index in [4.69, 9.17) is 4.74 Å². The Hall–Kier alpha value is -1.62. The summed E-state index contributed by atoms with van der Waals surface area (Å²) >= 11 is 0. The van der Waals surface area contributed by atoms with Crippen molar-refractivity contribution in [3.8, 4) is 0 Å². The second kappa shape index (κ2) is 7.09. The van der Waals surface area contributed by atoms with Crippen molar-refractivity contribution in [2.45, 2.75) is 44.6 Å². The van der Waals surface area contributed by atoms with Crippen molar-refractivity contribution in [2.75, 3.05) is 37.7 Å². The van der Waals surface area contributed by atoms with Crippen LogP contribution in [-0.2, 0) is 4.74 Å². The smallest absolute Gasteiger partial charge is 0.255 e. The molecule has 0 spiro atoms. The van der Waals surface area contributed by atoms with Gasteiger partial charge >= 0.3 is 0 Å². The molecule has 5 heteroatoms. The molecule has 1 aromatic heterocycles. The minimum absolute atomic E-state index is 0.172. The number of hydrogen-bond donors (Lipinski definition) is 0. The summed E-state index contributed by atoms with van der Waals surface area (Å²) < 4.78 is 5.38. The van der Waals surface area contributed by atoms with Crippen LogP contribution < -0.4 is 4.90 Å². The van der Waals surface area contributed by atoms with E-state index in [0.717, 1.165) is 56.6 Å². The van der Waals surface area contributed by atoms with E-state index in [9.17, 15) is 4.79 Å². The molecule has 3 fully saturated rings. The maximum Gasteiger partial charge on any atom is 0.255 e. The van der Waals surface area contributed by atoms with Gasteiger partial charge in [0.05, 0.1) is 18.8 Å². The summed E-state index contributed by atoms with van der Waals surface area (Å²) in [5.74, 6) is 1.84. The maximum absolute atomic E-state index is 13.0. The van der Waals surface area contributed by atoms with Gasteiger partial charge in [0.2, 0.25) is 0 Å². The second-order valence-corrected chi connectivity index (χ2v) is 7.26. The monoisotopic (exact) mass is 329 g/mol. The van der Waals surface area contributed by atoms with Crippen LogP contribution in [0.1, 0.15) is 48.9 Å². The van der Waals surface area contributed by atoms with Crippen molar-refractivity contribution in [1.82, 2.24) is 9.88 Å². The summed E-state index contributed by atoms with van der Waals surface area (Å²) in [5.41, 5.74) is 0.733. The number of carbonyl (C=O) groups excluding carboxylic acids is 1. The lowest BCUT2D eigenvalue weighted by atomic mass is 9.95. The molecule has 24 heavy (non-hydrogen) atoms. The highest BCUT2D eigenvalue weighted by molar-refractivity contribution is 5.94. The highest BCUT2D eigenvalue weighted by Gasteiger charge is 2.36. The van der Waals surface area contributed by atoms with Gasteiger partial charge in [-0.05, 0) is 43.7 Å². The molecule has 1 atom stereocenters. The van der Waals surface area contributed by atoms with Crippen molar-refractivity contribution in [3.05, 3.63) is 23.9 Å². The Labute approximate surface area is 144 Å². The number of hydrogen-bond acceptors (Lipinski definition) is 4. The molecule has 0 bridgehead atoms. The number of morpholine rings is 1. The topological polar surface area (TPSA) is 45.7 Å². The lowest BCUT2D eigenvalue weighted by molar-refractivity contribution is 0.0688. The van der Waals surface area contributed by atoms with Crippen LogP contribution in [0.15, 0.2) is 18.3 Å². The van der Waals surface area contributed by atoms with Crippen molar-refractivity contribution in [2.24, 2.45) is 5.92 Å². The number of rotatable bonds is 3. The van der Waals surface area contributed by atoms with E-state index in [0.29, 0.717) is 6.04 Å². The van der Waals surface area contributed by atoms with Gasteiger partial charge in [-0.2, -0.15) is 0 Å². The van der Waals surface area contributed by atoms with Crippen molar-refractivity contribution < 1.29 is 9.53 Å². The van der Waals surface area contributed by atoms with E-state index in [1.807, 2.05) is 12.1 Å². The summed E-state index contributed by atoms with van der Waals surface area (Å²) in [6.45, 7) is 4.15. The highest BCUT2D eigenvalue weighted by atomic mass is 16.5. The van der Waals surface area contributed by atoms with Crippen LogP contribution in [0.5, 0.6) is 0 Å². The van der Waals surface area contributed by atoms with Gasteiger partial charge < -0.3 is 14.5 Å². The summed E-state index contributed by atoms with van der Waals surface area (Å²) in [4.78, 5) is 21.8. The summed E-state index contributed by atoms with van der Waals surface area (Å²) in [6, 6.07) is 4.39. The largest absolute Gasteiger partial charge is 0.378 e. The first-order valence-corrected chi connectivity index (χ1v) is 9.42. The van der Waals surface area contributed by atoms with Crippen LogP contribution in [0.2, 0.25) is 0 Å². The summed E-state index contributed by atoms with van der Waals surface area (Å²) in [5, 5.41) is 0. The Bertz CT molecular complexity index is 562. The summed E-state index contributed by atoms with van der Waals surface area (Å²) in [7, 11) is 0. The first kappa shape index (κ1) is 15.9. The minimum Gasteiger partial charge on any atom is -0.378 e. The van der Waals surface area contributed by atoms with Crippen LogP contribution >= 0.6 is 0 Å². The SMILES string of the molecule is O=C(c1ccc(N2CCOCC2)nc1)N1CCCC1C1CCCC1. The van der Waals surface area contributed by atoms with Gasteiger partial charge in [0.25, 0.3) is 5.91 Å². The lowest BCUT2D eigenvalue weighted by Gasteiger charge is -2.30.